The molecule has 0 atom stereocenters. The van der Waals surface area contributed by atoms with Gasteiger partial charge in [0.25, 0.3) is 0 Å². The number of H-pyrrole nitrogens is 1. The second-order valence-electron chi connectivity index (χ2n) is 5.29. The lowest BCUT2D eigenvalue weighted by molar-refractivity contribution is 0.580. The summed E-state index contributed by atoms with van der Waals surface area (Å²) in [5, 5.41) is 9.46. The maximum absolute atomic E-state index is 12.4. The van der Waals surface area contributed by atoms with Crippen molar-refractivity contribution in [2.75, 3.05) is 6.54 Å². The summed E-state index contributed by atoms with van der Waals surface area (Å²) in [4.78, 5) is 8.74. The summed E-state index contributed by atoms with van der Waals surface area (Å²) in [6.45, 7) is 3.64. The van der Waals surface area contributed by atoms with Crippen molar-refractivity contribution in [1.29, 1.82) is 0 Å². The predicted molar refractivity (Wildman–Crippen MR) is 92.3 cm³/mol. The second kappa shape index (κ2) is 6.80. The van der Waals surface area contributed by atoms with Crippen molar-refractivity contribution in [3.63, 3.8) is 0 Å². The van der Waals surface area contributed by atoms with Crippen LogP contribution in [0.4, 0.5) is 0 Å². The van der Waals surface area contributed by atoms with Crippen LogP contribution in [0.25, 0.3) is 10.6 Å². The minimum Gasteiger partial charge on any atom is -0.281 e. The molecule has 0 saturated carbocycles. The zero-order valence-corrected chi connectivity index (χ0v) is 14.9. The molecule has 3 aromatic heterocycles. The molecule has 0 bridgehead atoms. The van der Waals surface area contributed by atoms with Crippen LogP contribution in [0.2, 0.25) is 0 Å². The third-order valence-corrected chi connectivity index (χ3v) is 6.14. The van der Waals surface area contributed by atoms with Gasteiger partial charge in [0.2, 0.25) is 10.0 Å². The van der Waals surface area contributed by atoms with E-state index in [2.05, 4.69) is 24.9 Å². The van der Waals surface area contributed by atoms with Crippen LogP contribution in [0.1, 0.15) is 17.1 Å². The first-order valence-corrected chi connectivity index (χ1v) is 9.69. The molecule has 0 aliphatic rings. The van der Waals surface area contributed by atoms with E-state index in [-0.39, 0.29) is 11.4 Å². The van der Waals surface area contributed by atoms with Gasteiger partial charge < -0.3 is 0 Å². The van der Waals surface area contributed by atoms with Crippen molar-refractivity contribution in [3.8, 4) is 10.6 Å². The van der Waals surface area contributed by atoms with E-state index in [1.807, 2.05) is 17.5 Å². The van der Waals surface area contributed by atoms with Crippen LogP contribution in [0, 0.1) is 13.8 Å². The van der Waals surface area contributed by atoms with Crippen LogP contribution in [-0.2, 0) is 16.4 Å². The zero-order chi connectivity index (χ0) is 17.2. The fraction of sp³-hybridized carbons (Fsp3) is 0.267. The Labute approximate surface area is 144 Å². The largest absolute Gasteiger partial charge is 0.281 e. The topological polar surface area (TPSA) is 101 Å². The van der Waals surface area contributed by atoms with Crippen LogP contribution >= 0.6 is 11.3 Å². The molecule has 2 N–H and O–H groups in total. The summed E-state index contributed by atoms with van der Waals surface area (Å²) in [6.07, 6.45) is 3.97. The van der Waals surface area contributed by atoms with Gasteiger partial charge in [0, 0.05) is 36.3 Å². The maximum Gasteiger partial charge on any atom is 0.244 e. The highest BCUT2D eigenvalue weighted by Gasteiger charge is 2.21. The van der Waals surface area contributed by atoms with E-state index in [1.165, 1.54) is 11.3 Å². The fourth-order valence-corrected chi connectivity index (χ4v) is 4.63. The molecule has 7 nitrogen and oxygen atoms in total. The highest BCUT2D eigenvalue weighted by atomic mass is 32.2. The summed E-state index contributed by atoms with van der Waals surface area (Å²) >= 11 is 1.53. The molecule has 24 heavy (non-hydrogen) atoms. The highest BCUT2D eigenvalue weighted by molar-refractivity contribution is 7.89. The number of sulfonamides is 1. The fourth-order valence-electron chi connectivity index (χ4n) is 2.37. The van der Waals surface area contributed by atoms with E-state index < -0.39 is 10.0 Å². The number of aromatic amines is 1. The van der Waals surface area contributed by atoms with Gasteiger partial charge >= 0.3 is 0 Å². The molecule has 3 rings (SSSR count). The smallest absolute Gasteiger partial charge is 0.244 e. The lowest BCUT2D eigenvalue weighted by Crippen LogP contribution is -2.27. The van der Waals surface area contributed by atoms with Crippen molar-refractivity contribution in [3.05, 3.63) is 47.0 Å². The minimum atomic E-state index is -3.57. The average Bonchev–Trinajstić information content (AvgIpc) is 3.15. The van der Waals surface area contributed by atoms with Crippen molar-refractivity contribution < 1.29 is 8.42 Å². The van der Waals surface area contributed by atoms with Crippen LogP contribution in [0.3, 0.4) is 0 Å². The first-order chi connectivity index (χ1) is 11.5. The Kier molecular flexibility index (Phi) is 4.74. The molecule has 9 heteroatoms. The van der Waals surface area contributed by atoms with Gasteiger partial charge in [-0.05, 0) is 26.0 Å². The van der Waals surface area contributed by atoms with Crippen LogP contribution < -0.4 is 4.72 Å². The van der Waals surface area contributed by atoms with Crippen LogP contribution in [0.5, 0.6) is 0 Å². The Morgan fingerprint density at radius 1 is 1.25 bits per heavy atom. The number of rotatable bonds is 6. The molecule has 0 amide bonds. The Hall–Kier alpha value is -2.10. The van der Waals surface area contributed by atoms with Crippen LogP contribution in [0.15, 0.2) is 34.8 Å². The quantitative estimate of drug-likeness (QED) is 0.698. The Balaban J connectivity index is 1.64. The normalized spacial score (nSPS) is 11.8. The molecule has 0 saturated heterocycles. The van der Waals surface area contributed by atoms with Gasteiger partial charge in [-0.2, -0.15) is 5.10 Å². The van der Waals surface area contributed by atoms with E-state index >= 15 is 0 Å². The minimum absolute atomic E-state index is 0.221. The van der Waals surface area contributed by atoms with Gasteiger partial charge in [-0.15, -0.1) is 11.3 Å². The highest BCUT2D eigenvalue weighted by Crippen LogP contribution is 2.23. The van der Waals surface area contributed by atoms with Crippen molar-refractivity contribution >= 4 is 21.4 Å². The van der Waals surface area contributed by atoms with E-state index in [0.29, 0.717) is 17.8 Å². The molecule has 0 unspecified atom stereocenters. The number of nitrogens with zero attached hydrogens (tertiary/aromatic N) is 3. The molecule has 0 radical (unpaired) electrons. The average molecular weight is 363 g/mol. The summed E-state index contributed by atoms with van der Waals surface area (Å²) in [5.74, 6) is 0. The number of hydrogen-bond acceptors (Lipinski definition) is 6. The molecule has 3 aromatic rings. The van der Waals surface area contributed by atoms with Crippen molar-refractivity contribution in [1.82, 2.24) is 24.9 Å². The number of aromatic nitrogens is 4. The molecule has 126 valence electrons. The van der Waals surface area contributed by atoms with Gasteiger partial charge in [-0.25, -0.2) is 18.1 Å². The van der Waals surface area contributed by atoms with E-state index in [9.17, 15) is 8.42 Å². The molecule has 0 aliphatic carbocycles. The predicted octanol–water partition coefficient (Wildman–Crippen LogP) is 2.07. The lowest BCUT2D eigenvalue weighted by Gasteiger charge is -2.05. The number of thiazole rings is 1. The summed E-state index contributed by atoms with van der Waals surface area (Å²) < 4.78 is 27.3. The standard InChI is InChI=1S/C15H17N5O2S2/c1-10-14(11(2)20-19-10)24(21,22)17-8-5-13-9-23-15(18-13)12-3-6-16-7-4-12/h3-4,6-7,9,17H,5,8H2,1-2H3,(H,19,20). The Bertz CT molecular complexity index is 912. The number of hydrogen-bond donors (Lipinski definition) is 2. The summed E-state index contributed by atoms with van der Waals surface area (Å²) in [6, 6.07) is 3.80. The monoisotopic (exact) mass is 363 g/mol. The Morgan fingerprint density at radius 2 is 2.00 bits per heavy atom. The number of pyridine rings is 1. The number of nitrogens with one attached hydrogen (secondary N) is 2. The SMILES string of the molecule is Cc1n[nH]c(C)c1S(=O)(=O)NCCc1csc(-c2ccncc2)n1. The van der Waals surface area contributed by atoms with Gasteiger partial charge in [0.15, 0.2) is 0 Å². The van der Waals surface area contributed by atoms with Crippen molar-refractivity contribution in [2.45, 2.75) is 25.2 Å². The van der Waals surface area contributed by atoms with Gasteiger partial charge in [-0.3, -0.25) is 10.1 Å². The molecular weight excluding hydrogens is 346 g/mol. The zero-order valence-electron chi connectivity index (χ0n) is 13.3. The molecule has 0 aromatic carbocycles. The first-order valence-electron chi connectivity index (χ1n) is 7.33. The van der Waals surface area contributed by atoms with E-state index in [0.717, 1.165) is 16.3 Å². The second-order valence-corrected chi connectivity index (χ2v) is 7.85. The molecule has 3 heterocycles. The first kappa shape index (κ1) is 16.7. The van der Waals surface area contributed by atoms with Gasteiger partial charge in [-0.1, -0.05) is 0 Å². The molecule has 0 aliphatic heterocycles. The Morgan fingerprint density at radius 3 is 2.67 bits per heavy atom. The summed E-state index contributed by atoms with van der Waals surface area (Å²) in [5.41, 5.74) is 2.86. The van der Waals surface area contributed by atoms with E-state index in [4.69, 9.17) is 0 Å². The maximum atomic E-state index is 12.4. The third kappa shape index (κ3) is 3.53. The van der Waals surface area contributed by atoms with Crippen LogP contribution in [-0.4, -0.2) is 35.1 Å². The van der Waals surface area contributed by atoms with Gasteiger partial charge in [0.05, 0.1) is 17.1 Å². The third-order valence-electron chi connectivity index (χ3n) is 3.48. The number of aryl methyl sites for hydroxylation is 2. The molecule has 0 fully saturated rings. The lowest BCUT2D eigenvalue weighted by atomic mass is 10.3. The summed E-state index contributed by atoms with van der Waals surface area (Å²) in [7, 11) is -3.57. The van der Waals surface area contributed by atoms with Crippen molar-refractivity contribution in [2.24, 2.45) is 0 Å². The molecule has 0 spiro atoms. The molecular formula is C15H17N5O2S2. The van der Waals surface area contributed by atoms with Gasteiger partial charge in [0.1, 0.15) is 9.90 Å². The van der Waals surface area contributed by atoms with E-state index in [1.54, 1.807) is 26.2 Å².